The molecule has 0 radical (unpaired) electrons. The third-order valence-corrected chi connectivity index (χ3v) is 22.0. The summed E-state index contributed by atoms with van der Waals surface area (Å²) in [5.41, 5.74) is 21.9. The smallest absolute Gasteiger partial charge is 0.0640 e. The zero-order valence-electron chi connectivity index (χ0n) is 51.8. The predicted molar refractivity (Wildman–Crippen MR) is 407 cm³/mol. The number of para-hydroxylation sites is 7. The monoisotopic (exact) mass is 1250 g/mol. The number of aromatic nitrogens is 2. The van der Waals surface area contributed by atoms with Crippen molar-refractivity contribution in [2.75, 3.05) is 9.80 Å². The second kappa shape index (κ2) is 22.6. The van der Waals surface area contributed by atoms with Crippen molar-refractivity contribution in [3.63, 3.8) is 0 Å². The minimum absolute atomic E-state index is 0.655. The van der Waals surface area contributed by atoms with Gasteiger partial charge in [-0.05, 0) is 156 Å². The van der Waals surface area contributed by atoms with E-state index in [-0.39, 0.29) is 0 Å². The maximum Gasteiger partial charge on any atom is 0.0640 e. The van der Waals surface area contributed by atoms with Gasteiger partial charge in [-0.25, -0.2) is 0 Å². The molecule has 0 amide bonds. The van der Waals surface area contributed by atoms with E-state index in [1.54, 1.807) is 0 Å². The lowest BCUT2D eigenvalue weighted by Crippen LogP contribution is -2.13. The van der Waals surface area contributed by atoms with Crippen molar-refractivity contribution in [3.05, 3.63) is 345 Å². The summed E-state index contributed by atoms with van der Waals surface area (Å²) in [7, 11) is 0. The molecular weight excluding hydrogens is 1190 g/mol. The third kappa shape index (κ3) is 9.23. The van der Waals surface area contributed by atoms with E-state index in [9.17, 15) is 0 Å². The summed E-state index contributed by atoms with van der Waals surface area (Å²) in [5.74, 6) is 1.36. The molecule has 0 spiro atoms. The average Bonchev–Trinajstić information content (AvgIpc) is 1.84. The topological polar surface area (TPSA) is 16.3 Å². The zero-order valence-corrected chi connectivity index (χ0v) is 53.4. The van der Waals surface area contributed by atoms with Gasteiger partial charge in [-0.1, -0.05) is 218 Å². The Morgan fingerprint density at radius 2 is 0.789 bits per heavy atom. The number of benzene rings is 14. The van der Waals surface area contributed by atoms with Crippen LogP contribution in [0.1, 0.15) is 23.5 Å². The van der Waals surface area contributed by atoms with Crippen LogP contribution >= 0.6 is 22.7 Å². The summed E-state index contributed by atoms with van der Waals surface area (Å²) < 4.78 is 10.2. The molecule has 0 saturated heterocycles. The minimum Gasteiger partial charge on any atom is -0.310 e. The van der Waals surface area contributed by atoms with Gasteiger partial charge in [0.25, 0.3) is 0 Å². The number of fused-ring (bicyclic) bond motifs is 15. The number of allylic oxidation sites excluding steroid dienone is 1. The van der Waals surface area contributed by atoms with Crippen molar-refractivity contribution >= 4 is 147 Å². The molecule has 4 heterocycles. The van der Waals surface area contributed by atoms with Gasteiger partial charge in [-0.15, -0.1) is 22.7 Å². The number of rotatable bonds is 10. The molecule has 6 heteroatoms. The van der Waals surface area contributed by atoms with Gasteiger partial charge in [0.2, 0.25) is 0 Å². The highest BCUT2D eigenvalue weighted by atomic mass is 32.1. The van der Waals surface area contributed by atoms with Crippen LogP contribution in [-0.4, -0.2) is 9.13 Å². The Morgan fingerprint density at radius 3 is 1.44 bits per heavy atom. The second-order valence-corrected chi connectivity index (χ2v) is 27.2. The van der Waals surface area contributed by atoms with Crippen molar-refractivity contribution < 1.29 is 0 Å². The van der Waals surface area contributed by atoms with Gasteiger partial charge >= 0.3 is 0 Å². The van der Waals surface area contributed by atoms with E-state index < -0.39 is 0 Å². The Bertz CT molecular complexity index is 6010. The molecule has 1 saturated carbocycles. The van der Waals surface area contributed by atoms with Crippen LogP contribution < -0.4 is 9.80 Å². The van der Waals surface area contributed by atoms with Crippen LogP contribution in [0.5, 0.6) is 0 Å². The highest BCUT2D eigenvalue weighted by molar-refractivity contribution is 7.26. The molecule has 2 aliphatic carbocycles. The molecule has 4 nitrogen and oxygen atoms in total. The highest BCUT2D eigenvalue weighted by Gasteiger charge is 2.40. The zero-order chi connectivity index (χ0) is 62.5. The molecule has 448 valence electrons. The van der Waals surface area contributed by atoms with Gasteiger partial charge in [0, 0.05) is 96.6 Å². The van der Waals surface area contributed by atoms with E-state index >= 15 is 0 Å². The highest BCUT2D eigenvalue weighted by Crippen LogP contribution is 2.56. The molecule has 2 atom stereocenters. The SMILES string of the molecule is C1=CC2CC2c2cccc(N(c3ccccc3)c3ccccc3-c3ccc4c(c3)c3ccccc3n4-c3ccc4c(c3)sc3ccccc34)c21.c1ccc(N(c2ccccc2)c2ccccc2-c2ccc3c(c2)c2ccccc2n3-c2cccc3c2sc2ccccc23)cc1. The van der Waals surface area contributed by atoms with Gasteiger partial charge in [0.15, 0.2) is 0 Å². The molecule has 2 unspecified atom stereocenters. The molecule has 20 rings (SSSR count). The quantitative estimate of drug-likeness (QED) is 0.136. The first kappa shape index (κ1) is 55.1. The Kier molecular flexibility index (Phi) is 13.1. The van der Waals surface area contributed by atoms with E-state index in [4.69, 9.17) is 0 Å². The molecular formula is C89H60N4S2. The van der Waals surface area contributed by atoms with E-state index in [1.165, 1.54) is 147 Å². The first-order valence-electron chi connectivity index (χ1n) is 32.8. The Hall–Kier alpha value is -11.5. The van der Waals surface area contributed by atoms with Gasteiger partial charge in [0.05, 0.1) is 49.5 Å². The fourth-order valence-corrected chi connectivity index (χ4v) is 17.6. The first-order chi connectivity index (χ1) is 47.1. The fourth-order valence-electron chi connectivity index (χ4n) is 15.2. The van der Waals surface area contributed by atoms with Gasteiger partial charge in [0.1, 0.15) is 0 Å². The van der Waals surface area contributed by atoms with Crippen LogP contribution in [0.2, 0.25) is 0 Å². The average molecular weight is 1250 g/mol. The molecule has 18 aromatic rings. The maximum absolute atomic E-state index is 2.47. The van der Waals surface area contributed by atoms with Crippen LogP contribution in [0.15, 0.2) is 334 Å². The Balaban J connectivity index is 0.000000135. The fraction of sp³-hybridized carbons (Fsp3) is 0.0337. The first-order valence-corrected chi connectivity index (χ1v) is 34.4. The Labute approximate surface area is 558 Å². The number of nitrogens with zero attached hydrogens (tertiary/aromatic N) is 4. The summed E-state index contributed by atoms with van der Waals surface area (Å²) in [4.78, 5) is 4.82. The number of hydrogen-bond donors (Lipinski definition) is 0. The normalized spacial score (nSPS) is 14.0. The van der Waals surface area contributed by atoms with E-state index in [1.807, 2.05) is 22.7 Å². The minimum atomic E-state index is 0.655. The van der Waals surface area contributed by atoms with Gasteiger partial charge < -0.3 is 18.9 Å². The van der Waals surface area contributed by atoms with Crippen LogP contribution in [-0.2, 0) is 0 Å². The van der Waals surface area contributed by atoms with Crippen molar-refractivity contribution in [2.45, 2.75) is 12.3 Å². The van der Waals surface area contributed by atoms with Crippen molar-refractivity contribution in [3.8, 4) is 33.6 Å². The van der Waals surface area contributed by atoms with E-state index in [0.29, 0.717) is 11.8 Å². The summed E-state index contributed by atoms with van der Waals surface area (Å²) in [6.07, 6.45) is 6.06. The molecule has 1 fully saturated rings. The molecule has 0 N–H and O–H groups in total. The summed E-state index contributed by atoms with van der Waals surface area (Å²) in [6, 6.07) is 119. The van der Waals surface area contributed by atoms with Crippen molar-refractivity contribution in [1.82, 2.24) is 9.13 Å². The van der Waals surface area contributed by atoms with Crippen molar-refractivity contribution in [1.29, 1.82) is 0 Å². The molecule has 14 aromatic carbocycles. The van der Waals surface area contributed by atoms with Crippen LogP contribution in [0.4, 0.5) is 34.1 Å². The molecule has 0 aliphatic heterocycles. The predicted octanol–water partition coefficient (Wildman–Crippen LogP) is 25.7. The van der Waals surface area contributed by atoms with Gasteiger partial charge in [-0.3, -0.25) is 0 Å². The number of anilines is 6. The summed E-state index contributed by atoms with van der Waals surface area (Å²) in [6.45, 7) is 0. The second-order valence-electron chi connectivity index (χ2n) is 25.1. The largest absolute Gasteiger partial charge is 0.310 e. The Morgan fingerprint density at radius 1 is 0.316 bits per heavy atom. The summed E-state index contributed by atoms with van der Waals surface area (Å²) >= 11 is 3.75. The lowest BCUT2D eigenvalue weighted by atomic mass is 9.94. The molecule has 0 bridgehead atoms. The lowest BCUT2D eigenvalue weighted by Gasteiger charge is -2.30. The molecule has 2 aliphatic rings. The van der Waals surface area contributed by atoms with Crippen molar-refractivity contribution in [2.24, 2.45) is 5.92 Å². The maximum atomic E-state index is 2.47. The molecule has 4 aromatic heterocycles. The van der Waals surface area contributed by atoms with E-state index in [0.717, 1.165) is 22.7 Å². The third-order valence-electron chi connectivity index (χ3n) is 19.7. The van der Waals surface area contributed by atoms with Crippen LogP contribution in [0.25, 0.3) is 124 Å². The lowest BCUT2D eigenvalue weighted by molar-refractivity contribution is 0.994. The van der Waals surface area contributed by atoms with Crippen LogP contribution in [0, 0.1) is 5.92 Å². The van der Waals surface area contributed by atoms with Gasteiger partial charge in [-0.2, -0.15) is 0 Å². The standard InChI is InChI=1S/C47H32N2S.C42H28N2S/c1-2-11-32(12-3-1)48(44-19-10-16-35-37(44)24-21-31-27-40(31)35)42-17-7-4-13-34(42)30-22-26-45-41(28-30)36-14-5-8-18-43(36)49(45)33-23-25-39-38-15-6-9-20-46(38)50-47(39)29-33;1-3-14-30(15-4-1)43(31-16-5-2-6-17-31)37-22-10-7-18-32(37)29-26-27-39-36(28-29)33-19-8-11-23-38(33)44(39)40-24-13-21-35-34-20-9-12-25-41(34)45-42(35)40/h1-26,28-29,31,40H,27H2;1-28H. The molecule has 95 heavy (non-hydrogen) atoms. The van der Waals surface area contributed by atoms with E-state index in [2.05, 4.69) is 359 Å². The number of hydrogen-bond acceptors (Lipinski definition) is 4. The number of thiophene rings is 2. The van der Waals surface area contributed by atoms with Crippen LogP contribution in [0.3, 0.4) is 0 Å². The summed E-state index contributed by atoms with van der Waals surface area (Å²) in [5, 5.41) is 10.3.